The number of hydrogen-bond donors (Lipinski definition) is 1. The summed E-state index contributed by atoms with van der Waals surface area (Å²) in [5, 5.41) is 7.84. The van der Waals surface area contributed by atoms with Crippen molar-refractivity contribution in [2.24, 2.45) is 0 Å². The lowest BCUT2D eigenvalue weighted by Crippen LogP contribution is -1.91. The lowest BCUT2D eigenvalue weighted by molar-refractivity contribution is 0.395. The molecular weight excluding hydrogens is 404 g/mol. The van der Waals surface area contributed by atoms with E-state index in [0.717, 1.165) is 22.6 Å². The highest BCUT2D eigenvalue weighted by atomic mass is 32.2. The number of benzene rings is 2. The minimum absolute atomic E-state index is 0.562. The lowest BCUT2D eigenvalue weighted by atomic mass is 10.2. The van der Waals surface area contributed by atoms with Gasteiger partial charge in [0.1, 0.15) is 23.5 Å². The molecule has 0 amide bonds. The molecule has 0 aliphatic carbocycles. The molecule has 0 atom stereocenters. The number of methoxy groups -OCH3 is 3. The molecule has 0 unspecified atom stereocenters. The Labute approximate surface area is 177 Å². The number of aromatic nitrogens is 4. The number of aromatic amines is 1. The normalized spacial score (nSPS) is 10.8. The molecule has 0 saturated heterocycles. The van der Waals surface area contributed by atoms with E-state index in [0.29, 0.717) is 34.1 Å². The Balaban J connectivity index is 1.43. The van der Waals surface area contributed by atoms with Gasteiger partial charge in [0.2, 0.25) is 11.0 Å². The van der Waals surface area contributed by atoms with Crippen LogP contribution in [0.4, 0.5) is 0 Å². The molecule has 0 spiro atoms. The maximum absolute atomic E-state index is 5.60. The standard InChI is InChI=1S/C21H20N4O4S/c1-26-15-6-4-13(5-7-15)20-22-14(11-29-20)12-30-21-23-19(24-25-21)17-9-8-16(27-2)10-18(17)28-3/h4-11H,12H2,1-3H3,(H,23,24,25). The average Bonchev–Trinajstić information content (AvgIpc) is 3.47. The first-order valence-electron chi connectivity index (χ1n) is 9.06. The van der Waals surface area contributed by atoms with Gasteiger partial charge >= 0.3 is 0 Å². The van der Waals surface area contributed by atoms with Crippen molar-refractivity contribution < 1.29 is 18.6 Å². The number of thioether (sulfide) groups is 1. The Hall–Kier alpha value is -3.46. The third-order valence-electron chi connectivity index (χ3n) is 4.37. The summed E-state index contributed by atoms with van der Waals surface area (Å²) in [6, 6.07) is 13.1. The van der Waals surface area contributed by atoms with Crippen molar-refractivity contribution in [2.45, 2.75) is 10.9 Å². The van der Waals surface area contributed by atoms with Gasteiger partial charge in [-0.15, -0.1) is 5.10 Å². The van der Waals surface area contributed by atoms with E-state index in [4.69, 9.17) is 18.6 Å². The highest BCUT2D eigenvalue weighted by molar-refractivity contribution is 7.98. The minimum Gasteiger partial charge on any atom is -0.497 e. The Morgan fingerprint density at radius 3 is 2.43 bits per heavy atom. The van der Waals surface area contributed by atoms with Crippen molar-refractivity contribution in [2.75, 3.05) is 21.3 Å². The van der Waals surface area contributed by atoms with Gasteiger partial charge in [-0.05, 0) is 36.4 Å². The zero-order valence-corrected chi connectivity index (χ0v) is 17.5. The second kappa shape index (κ2) is 8.91. The average molecular weight is 424 g/mol. The topological polar surface area (TPSA) is 95.3 Å². The van der Waals surface area contributed by atoms with Gasteiger partial charge in [0.05, 0.1) is 32.6 Å². The van der Waals surface area contributed by atoms with Gasteiger partial charge in [-0.1, -0.05) is 11.8 Å². The summed E-state index contributed by atoms with van der Waals surface area (Å²) in [5.41, 5.74) is 2.50. The summed E-state index contributed by atoms with van der Waals surface area (Å²) in [6.45, 7) is 0. The summed E-state index contributed by atoms with van der Waals surface area (Å²) in [7, 11) is 4.85. The number of ether oxygens (including phenoxy) is 3. The van der Waals surface area contributed by atoms with Crippen LogP contribution < -0.4 is 14.2 Å². The fourth-order valence-electron chi connectivity index (χ4n) is 2.80. The zero-order chi connectivity index (χ0) is 20.9. The number of oxazole rings is 1. The fourth-order valence-corrected chi connectivity index (χ4v) is 3.48. The van der Waals surface area contributed by atoms with Crippen LogP contribution in [-0.4, -0.2) is 41.5 Å². The van der Waals surface area contributed by atoms with Crippen molar-refractivity contribution >= 4 is 11.8 Å². The maximum atomic E-state index is 5.60. The Morgan fingerprint density at radius 2 is 1.70 bits per heavy atom. The summed E-state index contributed by atoms with van der Waals surface area (Å²) < 4.78 is 21.4. The van der Waals surface area contributed by atoms with Crippen LogP contribution in [0.1, 0.15) is 5.69 Å². The molecule has 0 fully saturated rings. The van der Waals surface area contributed by atoms with E-state index in [1.807, 2.05) is 36.4 Å². The van der Waals surface area contributed by atoms with Gasteiger partial charge in [0.15, 0.2) is 5.82 Å². The summed E-state index contributed by atoms with van der Waals surface area (Å²) in [4.78, 5) is 9.08. The molecule has 0 bridgehead atoms. The molecule has 0 aliphatic heterocycles. The molecule has 8 nitrogen and oxygen atoms in total. The highest BCUT2D eigenvalue weighted by Gasteiger charge is 2.14. The van der Waals surface area contributed by atoms with Crippen molar-refractivity contribution in [1.82, 2.24) is 20.2 Å². The fraction of sp³-hybridized carbons (Fsp3) is 0.190. The summed E-state index contributed by atoms with van der Waals surface area (Å²) in [5.74, 6) is 3.92. The zero-order valence-electron chi connectivity index (χ0n) is 16.7. The predicted molar refractivity (Wildman–Crippen MR) is 113 cm³/mol. The Bertz CT molecular complexity index is 1120. The first kappa shape index (κ1) is 19.8. The number of nitrogens with one attached hydrogen (secondary N) is 1. The van der Waals surface area contributed by atoms with Crippen LogP contribution in [-0.2, 0) is 5.75 Å². The number of hydrogen-bond acceptors (Lipinski definition) is 8. The Morgan fingerprint density at radius 1 is 0.933 bits per heavy atom. The minimum atomic E-state index is 0.562. The van der Waals surface area contributed by atoms with E-state index < -0.39 is 0 Å². The molecule has 2 aromatic heterocycles. The Kier molecular flexibility index (Phi) is 5.89. The number of H-pyrrole nitrogens is 1. The second-order valence-corrected chi connectivity index (χ2v) is 7.14. The van der Waals surface area contributed by atoms with E-state index in [9.17, 15) is 0 Å². The van der Waals surface area contributed by atoms with Crippen molar-refractivity contribution in [3.05, 3.63) is 54.4 Å². The van der Waals surface area contributed by atoms with Crippen molar-refractivity contribution in [1.29, 1.82) is 0 Å². The molecule has 4 rings (SSSR count). The van der Waals surface area contributed by atoms with Crippen LogP contribution in [0.3, 0.4) is 0 Å². The molecule has 2 heterocycles. The number of nitrogens with zero attached hydrogens (tertiary/aromatic N) is 3. The van der Waals surface area contributed by atoms with Gasteiger partial charge in [-0.3, -0.25) is 5.10 Å². The molecule has 2 aromatic carbocycles. The molecule has 0 radical (unpaired) electrons. The molecule has 154 valence electrons. The van der Waals surface area contributed by atoms with Crippen LogP contribution in [0.15, 0.2) is 58.3 Å². The smallest absolute Gasteiger partial charge is 0.226 e. The largest absolute Gasteiger partial charge is 0.497 e. The molecular formula is C21H20N4O4S. The third kappa shape index (κ3) is 4.25. The van der Waals surface area contributed by atoms with Crippen molar-refractivity contribution in [3.8, 4) is 40.1 Å². The maximum Gasteiger partial charge on any atom is 0.226 e. The molecule has 4 aromatic rings. The predicted octanol–water partition coefficient (Wildman–Crippen LogP) is 4.44. The van der Waals surface area contributed by atoms with Gasteiger partial charge in [0, 0.05) is 17.4 Å². The van der Waals surface area contributed by atoms with E-state index >= 15 is 0 Å². The van der Waals surface area contributed by atoms with Crippen LogP contribution in [0.25, 0.3) is 22.8 Å². The highest BCUT2D eigenvalue weighted by Crippen LogP contribution is 2.32. The number of rotatable bonds is 8. The molecule has 30 heavy (non-hydrogen) atoms. The quantitative estimate of drug-likeness (QED) is 0.415. The van der Waals surface area contributed by atoms with Crippen LogP contribution >= 0.6 is 11.8 Å². The van der Waals surface area contributed by atoms with Gasteiger partial charge < -0.3 is 18.6 Å². The second-order valence-electron chi connectivity index (χ2n) is 6.19. The van der Waals surface area contributed by atoms with Gasteiger partial charge in [-0.2, -0.15) is 0 Å². The van der Waals surface area contributed by atoms with E-state index in [1.54, 1.807) is 33.7 Å². The lowest BCUT2D eigenvalue weighted by Gasteiger charge is -2.07. The van der Waals surface area contributed by atoms with E-state index in [-0.39, 0.29) is 0 Å². The molecule has 9 heteroatoms. The van der Waals surface area contributed by atoms with E-state index in [2.05, 4.69) is 20.2 Å². The molecule has 0 aliphatic rings. The van der Waals surface area contributed by atoms with Gasteiger partial charge in [0.25, 0.3) is 0 Å². The SMILES string of the molecule is COc1ccc(-c2nc(CSc3n[nH]c(-c4ccc(OC)cc4OC)n3)co2)cc1. The monoisotopic (exact) mass is 424 g/mol. The summed E-state index contributed by atoms with van der Waals surface area (Å²) in [6.07, 6.45) is 1.65. The molecule has 1 N–H and O–H groups in total. The first-order valence-corrected chi connectivity index (χ1v) is 10.0. The van der Waals surface area contributed by atoms with Crippen LogP contribution in [0.2, 0.25) is 0 Å². The van der Waals surface area contributed by atoms with Crippen LogP contribution in [0.5, 0.6) is 17.2 Å². The summed E-state index contributed by atoms with van der Waals surface area (Å²) >= 11 is 1.46. The van der Waals surface area contributed by atoms with Gasteiger partial charge in [-0.25, -0.2) is 9.97 Å². The van der Waals surface area contributed by atoms with Crippen LogP contribution in [0, 0.1) is 0 Å². The van der Waals surface area contributed by atoms with E-state index in [1.165, 1.54) is 11.8 Å². The third-order valence-corrected chi connectivity index (χ3v) is 5.25. The first-order chi connectivity index (χ1) is 14.7. The van der Waals surface area contributed by atoms with Crippen molar-refractivity contribution in [3.63, 3.8) is 0 Å². The molecule has 0 saturated carbocycles.